The highest BCUT2D eigenvalue weighted by Crippen LogP contribution is 2.22. The lowest BCUT2D eigenvalue weighted by Crippen LogP contribution is -2.41. The van der Waals surface area contributed by atoms with Crippen molar-refractivity contribution in [1.82, 2.24) is 4.72 Å². The van der Waals surface area contributed by atoms with Crippen LogP contribution < -0.4 is 14.9 Å². The Balaban J connectivity index is 1.78. The number of rotatable bonds is 7. The van der Waals surface area contributed by atoms with Crippen molar-refractivity contribution < 1.29 is 17.6 Å². The van der Waals surface area contributed by atoms with Crippen LogP contribution in [0.25, 0.3) is 0 Å². The topological polar surface area (TPSA) is 78.5 Å². The molecule has 6 nitrogen and oxygen atoms in total. The fraction of sp³-hybridized carbons (Fsp3) is 0.208. The lowest BCUT2D eigenvalue weighted by atomic mass is 10.1. The summed E-state index contributed by atoms with van der Waals surface area (Å²) in [6.07, 6.45) is 0. The zero-order valence-electron chi connectivity index (χ0n) is 18.5. The summed E-state index contributed by atoms with van der Waals surface area (Å²) in [5.41, 5.74) is 3.21. The molecular weight excluding hydrogens is 465 g/mol. The molecule has 33 heavy (non-hydrogen) atoms. The molecule has 174 valence electrons. The summed E-state index contributed by atoms with van der Waals surface area (Å²) in [7, 11) is -3.80. The molecule has 0 atom stereocenters. The standard InChI is InChI=1S/C24H25ClFN3O3S/c1-16-14-17(2)23(18(3)15-16)33(31,32)27-12-13-29(22-10-6-20(26)7-11-22)24(30)28-21-8-4-19(25)5-9-21/h4-11,14-15,27H,12-13H2,1-3H3,(H,28,30). The average Bonchev–Trinajstić information content (AvgIpc) is 2.72. The number of amides is 2. The number of carbonyl (C=O) groups excluding carboxylic acids is 1. The van der Waals surface area contributed by atoms with E-state index in [9.17, 15) is 17.6 Å². The van der Waals surface area contributed by atoms with Crippen LogP contribution in [0.15, 0.2) is 65.6 Å². The predicted octanol–water partition coefficient (Wildman–Crippen LogP) is 5.42. The number of hydrogen-bond acceptors (Lipinski definition) is 3. The second-order valence-electron chi connectivity index (χ2n) is 7.69. The van der Waals surface area contributed by atoms with Gasteiger partial charge in [0.2, 0.25) is 10.0 Å². The molecule has 0 heterocycles. The molecule has 0 spiro atoms. The van der Waals surface area contributed by atoms with Gasteiger partial charge in [0, 0.05) is 29.5 Å². The second kappa shape index (κ2) is 10.3. The number of sulfonamides is 1. The zero-order chi connectivity index (χ0) is 24.2. The molecule has 0 unspecified atom stereocenters. The van der Waals surface area contributed by atoms with Crippen LogP contribution in [-0.2, 0) is 10.0 Å². The van der Waals surface area contributed by atoms with Crippen molar-refractivity contribution in [3.05, 3.63) is 88.2 Å². The van der Waals surface area contributed by atoms with Gasteiger partial charge < -0.3 is 5.32 Å². The van der Waals surface area contributed by atoms with E-state index in [-0.39, 0.29) is 18.0 Å². The van der Waals surface area contributed by atoms with Crippen LogP contribution in [0, 0.1) is 26.6 Å². The van der Waals surface area contributed by atoms with Gasteiger partial charge in [-0.1, -0.05) is 29.3 Å². The average molecular weight is 490 g/mol. The Hall–Kier alpha value is -2.94. The van der Waals surface area contributed by atoms with Crippen LogP contribution in [0.5, 0.6) is 0 Å². The first kappa shape index (κ1) is 24.7. The molecule has 0 bridgehead atoms. The Labute approximate surface area is 198 Å². The van der Waals surface area contributed by atoms with Gasteiger partial charge >= 0.3 is 6.03 Å². The van der Waals surface area contributed by atoms with Gasteiger partial charge in [0.25, 0.3) is 0 Å². The van der Waals surface area contributed by atoms with Crippen molar-refractivity contribution in [3.8, 4) is 0 Å². The Bertz CT molecular complexity index is 1220. The quantitative estimate of drug-likeness (QED) is 0.465. The maximum atomic E-state index is 13.4. The number of nitrogens with zero attached hydrogens (tertiary/aromatic N) is 1. The first-order valence-corrected chi connectivity index (χ1v) is 12.1. The zero-order valence-corrected chi connectivity index (χ0v) is 20.1. The van der Waals surface area contributed by atoms with E-state index in [4.69, 9.17) is 11.6 Å². The second-order valence-corrected chi connectivity index (χ2v) is 9.83. The van der Waals surface area contributed by atoms with Crippen molar-refractivity contribution >= 4 is 39.0 Å². The summed E-state index contributed by atoms with van der Waals surface area (Å²) in [4.78, 5) is 14.5. The van der Waals surface area contributed by atoms with Crippen LogP contribution in [-0.4, -0.2) is 27.5 Å². The molecule has 0 saturated carbocycles. The monoisotopic (exact) mass is 489 g/mol. The minimum Gasteiger partial charge on any atom is -0.308 e. The lowest BCUT2D eigenvalue weighted by Gasteiger charge is -2.24. The molecule has 0 aliphatic rings. The molecule has 9 heteroatoms. The van der Waals surface area contributed by atoms with E-state index in [0.29, 0.717) is 27.5 Å². The van der Waals surface area contributed by atoms with E-state index in [1.54, 1.807) is 38.1 Å². The van der Waals surface area contributed by atoms with Gasteiger partial charge in [-0.05, 0) is 80.4 Å². The molecular formula is C24H25ClFN3O3S. The molecule has 0 aliphatic heterocycles. The molecule has 0 fully saturated rings. The minimum absolute atomic E-state index is 0.0221. The van der Waals surface area contributed by atoms with Crippen LogP contribution in [0.2, 0.25) is 5.02 Å². The predicted molar refractivity (Wildman–Crippen MR) is 130 cm³/mol. The van der Waals surface area contributed by atoms with Gasteiger partial charge in [-0.3, -0.25) is 4.90 Å². The van der Waals surface area contributed by atoms with Gasteiger partial charge in [-0.25, -0.2) is 22.3 Å². The Morgan fingerprint density at radius 1 is 0.970 bits per heavy atom. The number of carbonyl (C=O) groups is 1. The summed E-state index contributed by atoms with van der Waals surface area (Å²) in [6, 6.07) is 15.1. The maximum Gasteiger partial charge on any atom is 0.326 e. The normalized spacial score (nSPS) is 11.3. The molecule has 0 radical (unpaired) electrons. The highest BCUT2D eigenvalue weighted by Gasteiger charge is 2.21. The van der Waals surface area contributed by atoms with Crippen LogP contribution >= 0.6 is 11.6 Å². The van der Waals surface area contributed by atoms with Crippen molar-refractivity contribution in [1.29, 1.82) is 0 Å². The van der Waals surface area contributed by atoms with Gasteiger partial charge in [-0.2, -0.15) is 0 Å². The number of halogens is 2. The number of hydrogen-bond donors (Lipinski definition) is 2. The number of nitrogens with one attached hydrogen (secondary N) is 2. The summed E-state index contributed by atoms with van der Waals surface area (Å²) in [5, 5.41) is 3.27. The largest absolute Gasteiger partial charge is 0.326 e. The number of anilines is 2. The van der Waals surface area contributed by atoms with Gasteiger partial charge in [0.15, 0.2) is 0 Å². The molecule has 0 aromatic heterocycles. The third kappa shape index (κ3) is 6.31. The lowest BCUT2D eigenvalue weighted by molar-refractivity contribution is 0.257. The molecule has 3 rings (SSSR count). The summed E-state index contributed by atoms with van der Waals surface area (Å²) in [6.45, 7) is 5.39. The molecule has 2 amide bonds. The van der Waals surface area contributed by atoms with E-state index in [2.05, 4.69) is 10.0 Å². The molecule has 3 aromatic carbocycles. The maximum absolute atomic E-state index is 13.4. The molecule has 0 aliphatic carbocycles. The number of benzene rings is 3. The van der Waals surface area contributed by atoms with Gasteiger partial charge in [-0.15, -0.1) is 0 Å². The summed E-state index contributed by atoms with van der Waals surface area (Å²) >= 11 is 5.89. The van der Waals surface area contributed by atoms with Crippen molar-refractivity contribution in [2.75, 3.05) is 23.3 Å². The van der Waals surface area contributed by atoms with E-state index >= 15 is 0 Å². The van der Waals surface area contributed by atoms with Crippen molar-refractivity contribution in [3.63, 3.8) is 0 Å². The van der Waals surface area contributed by atoms with Crippen LogP contribution in [0.4, 0.5) is 20.6 Å². The molecule has 3 aromatic rings. The van der Waals surface area contributed by atoms with E-state index < -0.39 is 21.9 Å². The Morgan fingerprint density at radius 2 is 1.55 bits per heavy atom. The smallest absolute Gasteiger partial charge is 0.308 e. The van der Waals surface area contributed by atoms with Crippen molar-refractivity contribution in [2.45, 2.75) is 25.7 Å². The van der Waals surface area contributed by atoms with Gasteiger partial charge in [0.1, 0.15) is 5.82 Å². The third-order valence-electron chi connectivity index (χ3n) is 4.98. The number of urea groups is 1. The fourth-order valence-electron chi connectivity index (χ4n) is 3.65. The molecule has 0 saturated heterocycles. The first-order valence-electron chi connectivity index (χ1n) is 10.2. The first-order chi connectivity index (χ1) is 15.6. The minimum atomic E-state index is -3.80. The number of aryl methyl sites for hydroxylation is 3. The van der Waals surface area contributed by atoms with E-state index in [1.165, 1.54) is 29.2 Å². The van der Waals surface area contributed by atoms with Gasteiger partial charge in [0.05, 0.1) is 4.90 Å². The van der Waals surface area contributed by atoms with Crippen LogP contribution in [0.3, 0.4) is 0 Å². The van der Waals surface area contributed by atoms with Crippen molar-refractivity contribution in [2.24, 2.45) is 0 Å². The molecule has 2 N–H and O–H groups in total. The van der Waals surface area contributed by atoms with E-state index in [0.717, 1.165) is 5.56 Å². The fourth-order valence-corrected chi connectivity index (χ4v) is 5.24. The van der Waals surface area contributed by atoms with E-state index in [1.807, 2.05) is 19.1 Å². The summed E-state index contributed by atoms with van der Waals surface area (Å²) < 4.78 is 41.9. The summed E-state index contributed by atoms with van der Waals surface area (Å²) in [5.74, 6) is -0.442. The highest BCUT2D eigenvalue weighted by molar-refractivity contribution is 7.89. The Morgan fingerprint density at radius 3 is 2.12 bits per heavy atom. The SMILES string of the molecule is Cc1cc(C)c(S(=O)(=O)NCCN(C(=O)Nc2ccc(Cl)cc2)c2ccc(F)cc2)c(C)c1. The van der Waals surface area contributed by atoms with Crippen LogP contribution in [0.1, 0.15) is 16.7 Å². The third-order valence-corrected chi connectivity index (χ3v) is 7.00. The highest BCUT2D eigenvalue weighted by atomic mass is 35.5. The Kier molecular flexibility index (Phi) is 7.73.